The number of aromatic nitrogens is 3. The Kier molecular flexibility index (Phi) is 10.3. The van der Waals surface area contributed by atoms with E-state index in [4.69, 9.17) is 9.47 Å². The molecule has 204 valence electrons. The first kappa shape index (κ1) is 29.2. The lowest BCUT2D eigenvalue weighted by molar-refractivity contribution is -0.113. The summed E-state index contributed by atoms with van der Waals surface area (Å²) in [6, 6.07) is 8.14. The maximum Gasteiger partial charge on any atom is 0.348 e. The minimum Gasteiger partial charge on any atom is -0.462 e. The van der Waals surface area contributed by atoms with E-state index in [1.54, 1.807) is 20.8 Å². The Morgan fingerprint density at radius 3 is 2.24 bits per heavy atom. The number of carbonyl (C=O) groups is 3. The van der Waals surface area contributed by atoms with Gasteiger partial charge in [-0.1, -0.05) is 11.8 Å². The molecule has 2 aromatic heterocycles. The molecule has 38 heavy (non-hydrogen) atoms. The lowest BCUT2D eigenvalue weighted by atomic mass is 10.1. The third-order valence-electron chi connectivity index (χ3n) is 5.76. The first-order valence-electron chi connectivity index (χ1n) is 12.4. The highest BCUT2D eigenvalue weighted by Gasteiger charge is 2.27. The van der Waals surface area contributed by atoms with Crippen molar-refractivity contribution in [3.63, 3.8) is 0 Å². The molecule has 10 nitrogen and oxygen atoms in total. The van der Waals surface area contributed by atoms with Crippen LogP contribution in [0.4, 0.5) is 10.7 Å². The van der Waals surface area contributed by atoms with E-state index < -0.39 is 11.9 Å². The zero-order valence-corrected chi connectivity index (χ0v) is 24.1. The maximum atomic E-state index is 12.8. The molecule has 12 heteroatoms. The topological polar surface area (TPSA) is 116 Å². The van der Waals surface area contributed by atoms with Gasteiger partial charge in [0.25, 0.3) is 0 Å². The fraction of sp³-hybridized carbons (Fsp3) is 0.423. The molecule has 3 rings (SSSR count). The second-order valence-corrected chi connectivity index (χ2v) is 10.1. The van der Waals surface area contributed by atoms with Crippen LogP contribution in [0.1, 0.15) is 53.3 Å². The molecule has 0 aliphatic rings. The number of esters is 2. The molecule has 0 unspecified atom stereocenters. The Bertz CT molecular complexity index is 1280. The number of thioether (sulfide) groups is 1. The number of benzene rings is 1. The molecule has 0 spiro atoms. The number of amides is 1. The van der Waals surface area contributed by atoms with Crippen molar-refractivity contribution in [2.75, 3.05) is 42.3 Å². The van der Waals surface area contributed by atoms with E-state index >= 15 is 0 Å². The molecule has 2 heterocycles. The summed E-state index contributed by atoms with van der Waals surface area (Å²) in [4.78, 5) is 40.3. The molecule has 0 aliphatic carbocycles. The van der Waals surface area contributed by atoms with E-state index in [9.17, 15) is 14.4 Å². The van der Waals surface area contributed by atoms with E-state index in [2.05, 4.69) is 46.4 Å². The molecule has 0 saturated heterocycles. The van der Waals surface area contributed by atoms with E-state index in [1.807, 2.05) is 23.7 Å². The quantitative estimate of drug-likeness (QED) is 0.247. The summed E-state index contributed by atoms with van der Waals surface area (Å²) in [5.41, 5.74) is 2.64. The van der Waals surface area contributed by atoms with Gasteiger partial charge in [0.2, 0.25) is 5.91 Å². The van der Waals surface area contributed by atoms with Crippen LogP contribution in [0, 0.1) is 6.92 Å². The van der Waals surface area contributed by atoms with Crippen LogP contribution in [0.25, 0.3) is 11.4 Å². The smallest absolute Gasteiger partial charge is 0.348 e. The monoisotopic (exact) mass is 559 g/mol. The van der Waals surface area contributed by atoms with Crippen LogP contribution >= 0.6 is 23.1 Å². The summed E-state index contributed by atoms with van der Waals surface area (Å²) in [7, 11) is 1.85. The Morgan fingerprint density at radius 2 is 1.63 bits per heavy atom. The second kappa shape index (κ2) is 13.4. The highest BCUT2D eigenvalue weighted by Crippen LogP contribution is 2.34. The molecule has 1 aromatic carbocycles. The van der Waals surface area contributed by atoms with Gasteiger partial charge in [-0.15, -0.1) is 21.5 Å². The van der Waals surface area contributed by atoms with E-state index in [0.29, 0.717) is 16.5 Å². The molecule has 0 bridgehead atoms. The standard InChI is InChI=1S/C26H33N5O5S2/c1-7-31(8-2)18-13-11-17(12-14-18)22-28-29-26(30(22)6)37-15-19(32)27-23-20(24(33)35-9-3)16(5)21(38-23)25(34)36-10-4/h11-14H,7-10,15H2,1-6H3,(H,27,32). The van der Waals surface area contributed by atoms with Gasteiger partial charge in [-0.2, -0.15) is 0 Å². The maximum absolute atomic E-state index is 12.8. The first-order chi connectivity index (χ1) is 18.2. The molecule has 0 fully saturated rings. The highest BCUT2D eigenvalue weighted by atomic mass is 32.2. The normalized spacial score (nSPS) is 10.8. The van der Waals surface area contributed by atoms with Crippen molar-refractivity contribution in [2.24, 2.45) is 7.05 Å². The number of hydrogen-bond donors (Lipinski definition) is 1. The van der Waals surface area contributed by atoms with Gasteiger partial charge in [-0.25, -0.2) is 9.59 Å². The molecule has 0 radical (unpaired) electrons. The Morgan fingerprint density at radius 1 is 1.00 bits per heavy atom. The van der Waals surface area contributed by atoms with Crippen LogP contribution in [-0.2, 0) is 21.3 Å². The van der Waals surface area contributed by atoms with Gasteiger partial charge in [-0.3, -0.25) is 4.79 Å². The number of thiophene rings is 1. The number of ether oxygens (including phenoxy) is 2. The van der Waals surface area contributed by atoms with E-state index in [1.165, 1.54) is 11.8 Å². The second-order valence-electron chi connectivity index (χ2n) is 8.12. The first-order valence-corrected chi connectivity index (χ1v) is 14.2. The minimum absolute atomic E-state index is 0.0286. The van der Waals surface area contributed by atoms with Crippen molar-refractivity contribution in [1.82, 2.24) is 14.8 Å². The summed E-state index contributed by atoms with van der Waals surface area (Å²) < 4.78 is 12.1. The van der Waals surface area contributed by atoms with Crippen LogP contribution in [0.5, 0.6) is 0 Å². The van der Waals surface area contributed by atoms with Crippen molar-refractivity contribution in [3.8, 4) is 11.4 Å². The highest BCUT2D eigenvalue weighted by molar-refractivity contribution is 7.99. The van der Waals surface area contributed by atoms with Crippen molar-refractivity contribution in [3.05, 3.63) is 40.3 Å². The average Bonchev–Trinajstić information content (AvgIpc) is 3.43. The predicted molar refractivity (Wildman–Crippen MR) is 150 cm³/mol. The van der Waals surface area contributed by atoms with Gasteiger partial charge in [0.05, 0.1) is 24.5 Å². The van der Waals surface area contributed by atoms with Crippen molar-refractivity contribution in [2.45, 2.75) is 39.8 Å². The van der Waals surface area contributed by atoms with Gasteiger partial charge in [0.1, 0.15) is 9.88 Å². The van der Waals surface area contributed by atoms with Crippen molar-refractivity contribution < 1.29 is 23.9 Å². The lowest BCUT2D eigenvalue weighted by Crippen LogP contribution is -2.21. The Hall–Kier alpha value is -3.38. The molecule has 3 aromatic rings. The number of anilines is 2. The van der Waals surface area contributed by atoms with Crippen LogP contribution < -0.4 is 10.2 Å². The van der Waals surface area contributed by atoms with Gasteiger partial charge in [0.15, 0.2) is 11.0 Å². The lowest BCUT2D eigenvalue weighted by Gasteiger charge is -2.21. The van der Waals surface area contributed by atoms with Gasteiger partial charge >= 0.3 is 11.9 Å². The zero-order valence-electron chi connectivity index (χ0n) is 22.5. The molecule has 0 saturated carbocycles. The summed E-state index contributed by atoms with van der Waals surface area (Å²) in [6.45, 7) is 11.5. The molecular formula is C26H33N5O5S2. The van der Waals surface area contributed by atoms with Crippen molar-refractivity contribution in [1.29, 1.82) is 0 Å². The largest absolute Gasteiger partial charge is 0.462 e. The van der Waals surface area contributed by atoms with E-state index in [0.717, 1.165) is 35.7 Å². The van der Waals surface area contributed by atoms with Gasteiger partial charge in [0, 0.05) is 31.4 Å². The molecule has 0 aliphatic heterocycles. The average molecular weight is 560 g/mol. The number of nitrogens with zero attached hydrogens (tertiary/aromatic N) is 4. The van der Waals surface area contributed by atoms with Crippen LogP contribution in [0.15, 0.2) is 29.4 Å². The fourth-order valence-corrected chi connectivity index (χ4v) is 5.65. The van der Waals surface area contributed by atoms with Gasteiger partial charge < -0.3 is 24.3 Å². The van der Waals surface area contributed by atoms with Crippen LogP contribution in [0.2, 0.25) is 0 Å². The SMILES string of the molecule is CCOC(=O)c1sc(NC(=O)CSc2nnc(-c3ccc(N(CC)CC)cc3)n2C)c(C(=O)OCC)c1C. The number of carbonyl (C=O) groups excluding carboxylic acids is 3. The predicted octanol–water partition coefficient (Wildman–Crippen LogP) is 4.78. The summed E-state index contributed by atoms with van der Waals surface area (Å²) in [5, 5.41) is 12.1. The Labute approximate surface area is 230 Å². The minimum atomic E-state index is -0.607. The van der Waals surface area contributed by atoms with Crippen LogP contribution in [-0.4, -0.2) is 64.7 Å². The molecule has 1 N–H and O–H groups in total. The van der Waals surface area contributed by atoms with E-state index in [-0.39, 0.29) is 40.3 Å². The number of rotatable bonds is 12. The van der Waals surface area contributed by atoms with Crippen molar-refractivity contribution >= 4 is 51.6 Å². The molecule has 0 atom stereocenters. The summed E-state index contributed by atoms with van der Waals surface area (Å²) in [6.07, 6.45) is 0. The molecular weight excluding hydrogens is 526 g/mol. The third-order valence-corrected chi connectivity index (χ3v) is 7.97. The molecule has 1 amide bonds. The zero-order chi connectivity index (χ0) is 27.8. The summed E-state index contributed by atoms with van der Waals surface area (Å²) in [5.74, 6) is -0.792. The number of nitrogens with one attached hydrogen (secondary N) is 1. The summed E-state index contributed by atoms with van der Waals surface area (Å²) >= 11 is 2.22. The number of hydrogen-bond acceptors (Lipinski definition) is 10. The van der Waals surface area contributed by atoms with Crippen LogP contribution in [0.3, 0.4) is 0 Å². The fourth-order valence-electron chi connectivity index (χ4n) is 3.84. The van der Waals surface area contributed by atoms with Gasteiger partial charge in [-0.05, 0) is 64.4 Å². The third kappa shape index (κ3) is 6.54. The Balaban J connectivity index is 1.72.